The number of hydrogen-bond donors (Lipinski definition) is 1. The third-order valence-electron chi connectivity index (χ3n) is 2.51. The Morgan fingerprint density at radius 1 is 1.50 bits per heavy atom. The Kier molecular flexibility index (Phi) is 2.48. The van der Waals surface area contributed by atoms with Crippen LogP contribution in [0.4, 0.5) is 4.39 Å². The smallest absolute Gasteiger partial charge is 0.141 e. The van der Waals surface area contributed by atoms with Crippen LogP contribution in [0, 0.1) is 5.82 Å². The standard InChI is InChI=1S/C10H13FN2O/c11-8-2-3-9(13-6-8)10(12)4-1-5-14-7-10/h2-3,6H,1,4-5,7,12H2. The highest BCUT2D eigenvalue weighted by Gasteiger charge is 2.31. The lowest BCUT2D eigenvalue weighted by Crippen LogP contribution is -2.45. The summed E-state index contributed by atoms with van der Waals surface area (Å²) in [4.78, 5) is 3.99. The summed E-state index contributed by atoms with van der Waals surface area (Å²) < 4.78 is 18.0. The van der Waals surface area contributed by atoms with Crippen molar-refractivity contribution < 1.29 is 9.13 Å². The van der Waals surface area contributed by atoms with Crippen LogP contribution >= 0.6 is 0 Å². The fourth-order valence-corrected chi connectivity index (χ4v) is 1.69. The van der Waals surface area contributed by atoms with Crippen molar-refractivity contribution in [3.05, 3.63) is 29.8 Å². The van der Waals surface area contributed by atoms with Gasteiger partial charge in [0.15, 0.2) is 0 Å². The molecule has 4 heteroatoms. The molecule has 1 aliphatic rings. The van der Waals surface area contributed by atoms with Crippen LogP contribution in [0.3, 0.4) is 0 Å². The Morgan fingerprint density at radius 3 is 2.93 bits per heavy atom. The normalized spacial score (nSPS) is 27.6. The summed E-state index contributed by atoms with van der Waals surface area (Å²) in [6.45, 7) is 1.21. The van der Waals surface area contributed by atoms with Crippen LogP contribution in [0.5, 0.6) is 0 Å². The zero-order valence-electron chi connectivity index (χ0n) is 7.87. The Hall–Kier alpha value is -1.00. The molecule has 1 saturated heterocycles. The van der Waals surface area contributed by atoms with Crippen LogP contribution in [0.2, 0.25) is 0 Å². The second-order valence-corrected chi connectivity index (χ2v) is 3.67. The number of nitrogens with two attached hydrogens (primary N) is 1. The molecule has 0 spiro atoms. The molecule has 76 valence electrons. The van der Waals surface area contributed by atoms with Gasteiger partial charge in [-0.15, -0.1) is 0 Å². The molecule has 2 heterocycles. The first-order valence-corrected chi connectivity index (χ1v) is 4.69. The first-order chi connectivity index (χ1) is 6.71. The molecule has 2 N–H and O–H groups in total. The average molecular weight is 196 g/mol. The van der Waals surface area contributed by atoms with Crippen molar-refractivity contribution in [2.24, 2.45) is 5.73 Å². The minimum atomic E-state index is -0.536. The second kappa shape index (κ2) is 3.63. The molecule has 1 aromatic rings. The van der Waals surface area contributed by atoms with Crippen molar-refractivity contribution in [3.8, 4) is 0 Å². The number of ether oxygens (including phenoxy) is 1. The van der Waals surface area contributed by atoms with E-state index in [-0.39, 0.29) is 5.82 Å². The van der Waals surface area contributed by atoms with Crippen molar-refractivity contribution in [3.63, 3.8) is 0 Å². The molecule has 0 amide bonds. The van der Waals surface area contributed by atoms with E-state index in [1.54, 1.807) is 6.07 Å². The van der Waals surface area contributed by atoms with Crippen molar-refractivity contribution in [1.82, 2.24) is 4.98 Å². The van der Waals surface area contributed by atoms with E-state index in [9.17, 15) is 4.39 Å². The van der Waals surface area contributed by atoms with E-state index in [4.69, 9.17) is 10.5 Å². The predicted octanol–water partition coefficient (Wildman–Crippen LogP) is 1.19. The summed E-state index contributed by atoms with van der Waals surface area (Å²) in [5.74, 6) is -0.339. The summed E-state index contributed by atoms with van der Waals surface area (Å²) in [7, 11) is 0. The van der Waals surface area contributed by atoms with E-state index in [0.29, 0.717) is 12.3 Å². The molecule has 0 bridgehead atoms. The van der Waals surface area contributed by atoms with Gasteiger partial charge in [0.1, 0.15) is 5.82 Å². The molecule has 3 nitrogen and oxygen atoms in total. The average Bonchev–Trinajstić information content (AvgIpc) is 2.19. The van der Waals surface area contributed by atoms with Gasteiger partial charge in [-0.3, -0.25) is 4.98 Å². The lowest BCUT2D eigenvalue weighted by molar-refractivity contribution is 0.0348. The van der Waals surface area contributed by atoms with Crippen molar-refractivity contribution in [1.29, 1.82) is 0 Å². The number of hydrogen-bond acceptors (Lipinski definition) is 3. The maximum absolute atomic E-state index is 12.6. The van der Waals surface area contributed by atoms with Gasteiger partial charge in [-0.05, 0) is 25.0 Å². The van der Waals surface area contributed by atoms with Gasteiger partial charge >= 0.3 is 0 Å². The maximum Gasteiger partial charge on any atom is 0.141 e. The molecule has 14 heavy (non-hydrogen) atoms. The molecule has 1 atom stereocenters. The first kappa shape index (κ1) is 9.55. The summed E-state index contributed by atoms with van der Waals surface area (Å²) in [6.07, 6.45) is 2.96. The monoisotopic (exact) mass is 196 g/mol. The lowest BCUT2D eigenvalue weighted by Gasteiger charge is -2.32. The van der Waals surface area contributed by atoms with E-state index in [1.165, 1.54) is 12.3 Å². The summed E-state index contributed by atoms with van der Waals surface area (Å²) in [5, 5.41) is 0. The van der Waals surface area contributed by atoms with Crippen LogP contribution in [-0.2, 0) is 10.3 Å². The van der Waals surface area contributed by atoms with Crippen molar-refractivity contribution >= 4 is 0 Å². The van der Waals surface area contributed by atoms with E-state index in [2.05, 4.69) is 4.98 Å². The van der Waals surface area contributed by atoms with Crippen molar-refractivity contribution in [2.75, 3.05) is 13.2 Å². The van der Waals surface area contributed by atoms with Gasteiger partial charge in [0, 0.05) is 6.61 Å². The minimum absolute atomic E-state index is 0.339. The van der Waals surface area contributed by atoms with Crippen LogP contribution in [0.15, 0.2) is 18.3 Å². The molecule has 1 unspecified atom stereocenters. The molecule has 0 aliphatic carbocycles. The number of nitrogens with zero attached hydrogens (tertiary/aromatic N) is 1. The quantitative estimate of drug-likeness (QED) is 0.733. The number of pyridine rings is 1. The van der Waals surface area contributed by atoms with Crippen LogP contribution < -0.4 is 5.73 Å². The molecule has 1 fully saturated rings. The highest BCUT2D eigenvalue weighted by atomic mass is 19.1. The van der Waals surface area contributed by atoms with Gasteiger partial charge in [-0.25, -0.2) is 4.39 Å². The van der Waals surface area contributed by atoms with E-state index in [0.717, 1.165) is 19.4 Å². The highest BCUT2D eigenvalue weighted by molar-refractivity contribution is 5.16. The molecule has 0 aromatic carbocycles. The molecule has 1 aliphatic heterocycles. The number of rotatable bonds is 1. The van der Waals surface area contributed by atoms with E-state index < -0.39 is 5.54 Å². The van der Waals surface area contributed by atoms with Gasteiger partial charge in [-0.2, -0.15) is 0 Å². The zero-order valence-corrected chi connectivity index (χ0v) is 7.87. The predicted molar refractivity (Wildman–Crippen MR) is 50.1 cm³/mol. The molecular formula is C10H13FN2O. The Bertz CT molecular complexity index is 306. The summed E-state index contributed by atoms with van der Waals surface area (Å²) in [6, 6.07) is 3.01. The van der Waals surface area contributed by atoms with Crippen LogP contribution in [-0.4, -0.2) is 18.2 Å². The minimum Gasteiger partial charge on any atom is -0.379 e. The van der Waals surface area contributed by atoms with E-state index >= 15 is 0 Å². The Morgan fingerprint density at radius 2 is 2.36 bits per heavy atom. The fourth-order valence-electron chi connectivity index (χ4n) is 1.69. The molecule has 1 aromatic heterocycles. The topological polar surface area (TPSA) is 48.1 Å². The third-order valence-corrected chi connectivity index (χ3v) is 2.51. The SMILES string of the molecule is NC1(c2ccc(F)cn2)CCCOC1. The van der Waals surface area contributed by atoms with Gasteiger partial charge < -0.3 is 10.5 Å². The van der Waals surface area contributed by atoms with Gasteiger partial charge in [-0.1, -0.05) is 0 Å². The second-order valence-electron chi connectivity index (χ2n) is 3.67. The molecule has 2 rings (SSSR count). The zero-order chi connectivity index (χ0) is 10.0. The first-order valence-electron chi connectivity index (χ1n) is 4.69. The largest absolute Gasteiger partial charge is 0.379 e. The van der Waals surface area contributed by atoms with Crippen LogP contribution in [0.25, 0.3) is 0 Å². The highest BCUT2D eigenvalue weighted by Crippen LogP contribution is 2.25. The van der Waals surface area contributed by atoms with E-state index in [1.807, 2.05) is 0 Å². The Balaban J connectivity index is 2.23. The van der Waals surface area contributed by atoms with Gasteiger partial charge in [0.2, 0.25) is 0 Å². The molecule has 0 saturated carbocycles. The lowest BCUT2D eigenvalue weighted by atomic mass is 9.90. The molecule has 0 radical (unpaired) electrons. The summed E-state index contributed by atoms with van der Waals surface area (Å²) >= 11 is 0. The van der Waals surface area contributed by atoms with Gasteiger partial charge in [0.25, 0.3) is 0 Å². The third kappa shape index (κ3) is 1.76. The Labute approximate surface area is 82.1 Å². The summed E-state index contributed by atoms with van der Waals surface area (Å²) in [5.41, 5.74) is 6.29. The fraction of sp³-hybridized carbons (Fsp3) is 0.500. The maximum atomic E-state index is 12.6. The number of aromatic nitrogens is 1. The number of halogens is 1. The van der Waals surface area contributed by atoms with Gasteiger partial charge in [0.05, 0.1) is 24.0 Å². The molecular weight excluding hydrogens is 183 g/mol. The van der Waals surface area contributed by atoms with Crippen molar-refractivity contribution in [2.45, 2.75) is 18.4 Å². The van der Waals surface area contributed by atoms with Crippen LogP contribution in [0.1, 0.15) is 18.5 Å².